The van der Waals surface area contributed by atoms with Crippen LogP contribution in [0.2, 0.25) is 0 Å². The molecule has 0 bridgehead atoms. The van der Waals surface area contributed by atoms with Crippen LogP contribution in [-0.4, -0.2) is 49.0 Å². The Morgan fingerprint density at radius 2 is 1.63 bits per heavy atom. The number of hydrogen-bond acceptors (Lipinski definition) is 6. The Balaban J connectivity index is 1.77. The number of urea groups is 1. The summed E-state index contributed by atoms with van der Waals surface area (Å²) < 4.78 is 18.7. The van der Waals surface area contributed by atoms with Gasteiger partial charge in [0.15, 0.2) is 17.3 Å². The quantitative estimate of drug-likeness (QED) is 0.589. The van der Waals surface area contributed by atoms with Gasteiger partial charge in [-0.15, -0.1) is 0 Å². The predicted molar refractivity (Wildman–Crippen MR) is 133 cm³/mol. The number of amidine groups is 1. The minimum Gasteiger partial charge on any atom is -0.493 e. The predicted octanol–water partition coefficient (Wildman–Crippen LogP) is 4.44. The van der Waals surface area contributed by atoms with Crippen LogP contribution in [0.5, 0.6) is 17.2 Å². The van der Waals surface area contributed by atoms with Crippen LogP contribution in [0.25, 0.3) is 0 Å². The van der Waals surface area contributed by atoms with Crippen molar-refractivity contribution in [2.24, 2.45) is 4.99 Å². The second-order valence-corrected chi connectivity index (χ2v) is 9.52. The van der Waals surface area contributed by atoms with E-state index in [1.807, 2.05) is 53.3 Å². The standard InChI is InChI=1S/C26H29N5O4/c1-26(2,3)31-24-17(14-27-31)20(15-12-18(33-4)22(35-6)19(13-15)34-5)21-23(28-24)29-25(32)30(21)16-10-8-7-9-11-16/h7-14,20-21H,1-6H3,(H,28,29,32)/t20-,21+/m1/s1. The molecule has 1 aromatic heterocycles. The van der Waals surface area contributed by atoms with E-state index in [9.17, 15) is 4.79 Å². The Morgan fingerprint density at radius 1 is 0.971 bits per heavy atom. The zero-order chi connectivity index (χ0) is 24.9. The van der Waals surface area contributed by atoms with Gasteiger partial charge in [-0.05, 0) is 50.6 Å². The van der Waals surface area contributed by atoms with E-state index in [1.54, 1.807) is 26.2 Å². The highest BCUT2D eigenvalue weighted by atomic mass is 16.5. The number of nitrogens with zero attached hydrogens (tertiary/aromatic N) is 4. The smallest absolute Gasteiger partial charge is 0.328 e. The fourth-order valence-corrected chi connectivity index (χ4v) is 4.86. The van der Waals surface area contributed by atoms with Crippen LogP contribution in [-0.2, 0) is 5.54 Å². The first-order valence-electron chi connectivity index (χ1n) is 11.4. The summed E-state index contributed by atoms with van der Waals surface area (Å²) >= 11 is 0. The van der Waals surface area contributed by atoms with Gasteiger partial charge < -0.3 is 14.2 Å². The summed E-state index contributed by atoms with van der Waals surface area (Å²) in [4.78, 5) is 19.9. The fraction of sp³-hybridized carbons (Fsp3) is 0.346. The zero-order valence-electron chi connectivity index (χ0n) is 20.7. The molecule has 35 heavy (non-hydrogen) atoms. The van der Waals surface area contributed by atoms with Crippen molar-refractivity contribution in [2.45, 2.75) is 38.3 Å². The molecular formula is C26H29N5O4. The van der Waals surface area contributed by atoms with E-state index in [4.69, 9.17) is 24.3 Å². The van der Waals surface area contributed by atoms with Crippen LogP contribution >= 0.6 is 0 Å². The summed E-state index contributed by atoms with van der Waals surface area (Å²) in [6.45, 7) is 6.22. The summed E-state index contributed by atoms with van der Waals surface area (Å²) in [6.07, 6.45) is 1.85. The van der Waals surface area contributed by atoms with Gasteiger partial charge in [-0.25, -0.2) is 14.5 Å². The number of anilines is 1. The van der Waals surface area contributed by atoms with Gasteiger partial charge in [0.25, 0.3) is 0 Å². The molecule has 1 N–H and O–H groups in total. The van der Waals surface area contributed by atoms with E-state index in [2.05, 4.69) is 26.1 Å². The molecule has 2 aromatic carbocycles. The van der Waals surface area contributed by atoms with Gasteiger partial charge in [-0.1, -0.05) is 18.2 Å². The number of para-hydroxylation sites is 1. The highest BCUT2D eigenvalue weighted by molar-refractivity contribution is 6.18. The van der Waals surface area contributed by atoms with Crippen molar-refractivity contribution in [3.05, 3.63) is 59.8 Å². The molecule has 0 unspecified atom stereocenters. The molecule has 2 aliphatic rings. The minimum absolute atomic E-state index is 0.224. The molecule has 9 nitrogen and oxygen atoms in total. The summed E-state index contributed by atoms with van der Waals surface area (Å²) in [7, 11) is 4.76. The normalized spacial score (nSPS) is 19.0. The van der Waals surface area contributed by atoms with Crippen molar-refractivity contribution >= 4 is 23.4 Å². The van der Waals surface area contributed by atoms with Crippen molar-refractivity contribution in [3.63, 3.8) is 0 Å². The summed E-state index contributed by atoms with van der Waals surface area (Å²) in [6, 6.07) is 12.8. The lowest BCUT2D eigenvalue weighted by atomic mass is 9.83. The highest BCUT2D eigenvalue weighted by Crippen LogP contribution is 2.48. The number of rotatable bonds is 5. The molecule has 182 valence electrons. The first-order valence-corrected chi connectivity index (χ1v) is 11.4. The number of aliphatic imine (C=N–C) groups is 1. The van der Waals surface area contributed by atoms with Crippen molar-refractivity contribution in [2.75, 3.05) is 26.2 Å². The minimum atomic E-state index is -0.405. The number of fused-ring (bicyclic) bond motifs is 2. The molecule has 1 saturated heterocycles. The van der Waals surface area contributed by atoms with Crippen LogP contribution < -0.4 is 24.4 Å². The van der Waals surface area contributed by atoms with Crippen LogP contribution in [0.4, 0.5) is 16.3 Å². The summed E-state index contributed by atoms with van der Waals surface area (Å²) in [5, 5.41) is 7.70. The third-order valence-corrected chi connectivity index (χ3v) is 6.38. The number of amides is 2. The average molecular weight is 476 g/mol. The van der Waals surface area contributed by atoms with Gasteiger partial charge in [-0.2, -0.15) is 5.10 Å². The molecule has 0 radical (unpaired) electrons. The molecule has 2 amide bonds. The SMILES string of the molecule is COc1cc([C@@H]2c3cnn(C(C)(C)C)c3N=C3NC(=O)N(c4ccccc4)[C@H]32)cc(OC)c1OC. The highest BCUT2D eigenvalue weighted by Gasteiger charge is 2.48. The topological polar surface area (TPSA) is 90.2 Å². The van der Waals surface area contributed by atoms with Crippen LogP contribution in [0.15, 0.2) is 53.7 Å². The number of carbonyl (C=O) groups is 1. The number of benzene rings is 2. The van der Waals surface area contributed by atoms with Gasteiger partial charge in [0.05, 0.1) is 33.1 Å². The number of aromatic nitrogens is 2. The van der Waals surface area contributed by atoms with Gasteiger partial charge in [0.2, 0.25) is 5.75 Å². The fourth-order valence-electron chi connectivity index (χ4n) is 4.86. The Hall–Kier alpha value is -4.01. The van der Waals surface area contributed by atoms with E-state index < -0.39 is 6.04 Å². The largest absolute Gasteiger partial charge is 0.493 e. The lowest BCUT2D eigenvalue weighted by Gasteiger charge is -2.34. The second-order valence-electron chi connectivity index (χ2n) is 9.52. The number of hydrogen-bond donors (Lipinski definition) is 1. The number of ether oxygens (including phenoxy) is 3. The molecule has 5 rings (SSSR count). The molecule has 0 spiro atoms. The maximum atomic E-state index is 13.3. The van der Waals surface area contributed by atoms with Gasteiger partial charge in [0.1, 0.15) is 11.9 Å². The lowest BCUT2D eigenvalue weighted by Crippen LogP contribution is -2.42. The second kappa shape index (κ2) is 8.33. The monoisotopic (exact) mass is 475 g/mol. The van der Waals surface area contributed by atoms with Gasteiger partial charge >= 0.3 is 6.03 Å². The van der Waals surface area contributed by atoms with E-state index in [-0.39, 0.29) is 17.5 Å². The van der Waals surface area contributed by atoms with Crippen molar-refractivity contribution < 1.29 is 19.0 Å². The van der Waals surface area contributed by atoms with E-state index in [0.717, 1.165) is 22.6 Å². The molecule has 9 heteroatoms. The number of nitrogens with one attached hydrogen (secondary N) is 1. The maximum absolute atomic E-state index is 13.3. The maximum Gasteiger partial charge on any atom is 0.328 e. The third-order valence-electron chi connectivity index (χ3n) is 6.38. The van der Waals surface area contributed by atoms with Crippen molar-refractivity contribution in [1.82, 2.24) is 15.1 Å². The van der Waals surface area contributed by atoms with Crippen molar-refractivity contribution in [3.8, 4) is 17.2 Å². The molecule has 2 atom stereocenters. The van der Waals surface area contributed by atoms with Gasteiger partial charge in [-0.3, -0.25) is 10.2 Å². The first kappa shape index (κ1) is 22.8. The van der Waals surface area contributed by atoms with Gasteiger partial charge in [0, 0.05) is 17.2 Å². The molecule has 0 saturated carbocycles. The molecule has 1 fully saturated rings. The molecule has 3 heterocycles. The van der Waals surface area contributed by atoms with Crippen LogP contribution in [0, 0.1) is 0 Å². The Labute approximate surface area is 204 Å². The Morgan fingerprint density at radius 3 is 2.20 bits per heavy atom. The third kappa shape index (κ3) is 3.58. The molecule has 2 aliphatic heterocycles. The number of carbonyl (C=O) groups excluding carboxylic acids is 1. The summed E-state index contributed by atoms with van der Waals surface area (Å²) in [5.74, 6) is 2.60. The number of methoxy groups -OCH3 is 3. The molecule has 0 aliphatic carbocycles. The average Bonchev–Trinajstić information content (AvgIpc) is 3.42. The molecular weight excluding hydrogens is 446 g/mol. The Bertz CT molecular complexity index is 1280. The van der Waals surface area contributed by atoms with Crippen LogP contribution in [0.1, 0.15) is 37.8 Å². The van der Waals surface area contributed by atoms with E-state index in [1.165, 1.54) is 0 Å². The summed E-state index contributed by atoms with van der Waals surface area (Å²) in [5.41, 5.74) is 2.29. The van der Waals surface area contributed by atoms with Crippen molar-refractivity contribution in [1.29, 1.82) is 0 Å². The molecule has 3 aromatic rings. The lowest BCUT2D eigenvalue weighted by molar-refractivity contribution is 0.252. The Kier molecular flexibility index (Phi) is 5.42. The van der Waals surface area contributed by atoms with Crippen LogP contribution in [0.3, 0.4) is 0 Å². The first-order chi connectivity index (χ1) is 16.8. The van der Waals surface area contributed by atoms with E-state index in [0.29, 0.717) is 23.1 Å². The van der Waals surface area contributed by atoms with E-state index >= 15 is 0 Å². The zero-order valence-corrected chi connectivity index (χ0v) is 20.7.